The third-order valence-electron chi connectivity index (χ3n) is 2.31. The van der Waals surface area contributed by atoms with E-state index >= 15 is 0 Å². The van der Waals surface area contributed by atoms with Crippen molar-refractivity contribution in [1.29, 1.82) is 0 Å². The molecular formula is C11H14FN3. The lowest BCUT2D eigenvalue weighted by Gasteiger charge is -2.25. The van der Waals surface area contributed by atoms with Crippen LogP contribution in [0.1, 0.15) is 13.8 Å². The van der Waals surface area contributed by atoms with Crippen LogP contribution >= 0.6 is 0 Å². The first-order valence-corrected chi connectivity index (χ1v) is 4.80. The fourth-order valence-corrected chi connectivity index (χ4v) is 1.74. The first kappa shape index (κ1) is 10.1. The molecule has 1 aliphatic rings. The average molecular weight is 207 g/mol. The molecule has 3 nitrogen and oxygen atoms in total. The molecule has 0 saturated carbocycles. The van der Waals surface area contributed by atoms with E-state index in [-0.39, 0.29) is 5.82 Å². The summed E-state index contributed by atoms with van der Waals surface area (Å²) in [6.07, 6.45) is 1.86. The largest absolute Gasteiger partial charge is 0.309 e. The Kier molecular flexibility index (Phi) is 2.25. The SMILES string of the molecule is CC1=CC(C)(N)NN1c1ccccc1F. The molecule has 0 spiro atoms. The van der Waals surface area contributed by atoms with E-state index in [1.54, 1.807) is 23.2 Å². The highest BCUT2D eigenvalue weighted by Gasteiger charge is 2.28. The van der Waals surface area contributed by atoms with Crippen LogP contribution in [0.2, 0.25) is 0 Å². The minimum absolute atomic E-state index is 0.268. The normalized spacial score (nSPS) is 25.6. The van der Waals surface area contributed by atoms with Gasteiger partial charge in [0.2, 0.25) is 0 Å². The molecular weight excluding hydrogens is 193 g/mol. The molecule has 80 valence electrons. The van der Waals surface area contributed by atoms with Crippen molar-refractivity contribution >= 4 is 5.69 Å². The standard InChI is InChI=1S/C11H14FN3/c1-8-7-11(2,13)14-15(8)10-6-4-3-5-9(10)12/h3-7,14H,13H2,1-2H3. The van der Waals surface area contributed by atoms with Gasteiger partial charge in [-0.2, -0.15) is 0 Å². The number of anilines is 1. The number of allylic oxidation sites excluding steroid dienone is 1. The number of hydrazine groups is 1. The van der Waals surface area contributed by atoms with Gasteiger partial charge in [0.05, 0.1) is 5.69 Å². The summed E-state index contributed by atoms with van der Waals surface area (Å²) < 4.78 is 13.5. The van der Waals surface area contributed by atoms with Crippen LogP contribution in [-0.2, 0) is 0 Å². The fraction of sp³-hybridized carbons (Fsp3) is 0.273. The zero-order chi connectivity index (χ0) is 11.1. The Morgan fingerprint density at radius 1 is 1.40 bits per heavy atom. The number of hydrogen-bond acceptors (Lipinski definition) is 3. The molecule has 1 unspecified atom stereocenters. The third-order valence-corrected chi connectivity index (χ3v) is 2.31. The molecule has 1 atom stereocenters. The number of nitrogens with one attached hydrogen (secondary N) is 1. The van der Waals surface area contributed by atoms with Crippen molar-refractivity contribution in [3.8, 4) is 0 Å². The first-order chi connectivity index (χ1) is 6.99. The second-order valence-electron chi connectivity index (χ2n) is 3.97. The lowest BCUT2D eigenvalue weighted by atomic mass is 10.2. The Morgan fingerprint density at radius 3 is 2.60 bits per heavy atom. The third kappa shape index (κ3) is 1.86. The molecule has 15 heavy (non-hydrogen) atoms. The number of benzene rings is 1. The maximum atomic E-state index is 13.5. The van der Waals surface area contributed by atoms with Gasteiger partial charge >= 0.3 is 0 Å². The molecule has 0 bridgehead atoms. The molecule has 0 aliphatic carbocycles. The van der Waals surface area contributed by atoms with Gasteiger partial charge in [-0.3, -0.25) is 5.01 Å². The van der Waals surface area contributed by atoms with Crippen LogP contribution in [0.5, 0.6) is 0 Å². The summed E-state index contributed by atoms with van der Waals surface area (Å²) in [5.74, 6) is -0.268. The topological polar surface area (TPSA) is 41.3 Å². The maximum absolute atomic E-state index is 13.5. The van der Waals surface area contributed by atoms with E-state index < -0.39 is 5.66 Å². The number of hydrogen-bond donors (Lipinski definition) is 2. The van der Waals surface area contributed by atoms with E-state index in [0.29, 0.717) is 5.69 Å². The Hall–Kier alpha value is -1.39. The molecule has 4 heteroatoms. The van der Waals surface area contributed by atoms with E-state index in [9.17, 15) is 4.39 Å². The van der Waals surface area contributed by atoms with Crippen molar-refractivity contribution < 1.29 is 4.39 Å². The molecule has 1 aromatic carbocycles. The van der Waals surface area contributed by atoms with Gasteiger partial charge in [-0.1, -0.05) is 12.1 Å². The van der Waals surface area contributed by atoms with Crippen LogP contribution in [0.4, 0.5) is 10.1 Å². The molecule has 1 aromatic rings. The van der Waals surface area contributed by atoms with Gasteiger partial charge in [0.15, 0.2) is 0 Å². The predicted octanol–water partition coefficient (Wildman–Crippen LogP) is 1.73. The Bertz CT molecular complexity index is 412. The number of para-hydroxylation sites is 1. The molecule has 0 aromatic heterocycles. The van der Waals surface area contributed by atoms with Crippen molar-refractivity contribution in [3.63, 3.8) is 0 Å². The molecule has 0 amide bonds. The Balaban J connectivity index is 2.36. The van der Waals surface area contributed by atoms with E-state index in [2.05, 4.69) is 5.43 Å². The second kappa shape index (κ2) is 3.32. The summed E-state index contributed by atoms with van der Waals surface area (Å²) in [5, 5.41) is 1.66. The molecule has 0 saturated heterocycles. The highest BCUT2D eigenvalue weighted by Crippen LogP contribution is 2.26. The molecule has 1 heterocycles. The lowest BCUT2D eigenvalue weighted by molar-refractivity contribution is 0.480. The van der Waals surface area contributed by atoms with Crippen molar-refractivity contribution in [2.24, 2.45) is 5.73 Å². The van der Waals surface area contributed by atoms with Crippen LogP contribution in [0.25, 0.3) is 0 Å². The van der Waals surface area contributed by atoms with Gasteiger partial charge in [0.1, 0.15) is 11.5 Å². The number of rotatable bonds is 1. The first-order valence-electron chi connectivity index (χ1n) is 4.80. The highest BCUT2D eigenvalue weighted by molar-refractivity contribution is 5.54. The number of nitrogens with zero attached hydrogens (tertiary/aromatic N) is 1. The number of halogens is 1. The predicted molar refractivity (Wildman–Crippen MR) is 58.4 cm³/mol. The summed E-state index contributed by atoms with van der Waals surface area (Å²) in [7, 11) is 0. The molecule has 0 fully saturated rings. The molecule has 1 aliphatic heterocycles. The average Bonchev–Trinajstić information content (AvgIpc) is 2.40. The monoisotopic (exact) mass is 207 g/mol. The highest BCUT2D eigenvalue weighted by atomic mass is 19.1. The zero-order valence-corrected chi connectivity index (χ0v) is 8.79. The summed E-state index contributed by atoms with van der Waals surface area (Å²) in [6, 6.07) is 6.59. The number of nitrogens with two attached hydrogens (primary N) is 1. The minimum atomic E-state index is -0.619. The van der Waals surface area contributed by atoms with E-state index in [4.69, 9.17) is 5.73 Å². The zero-order valence-electron chi connectivity index (χ0n) is 8.79. The Labute approximate surface area is 88.3 Å². The van der Waals surface area contributed by atoms with Crippen molar-refractivity contribution in [1.82, 2.24) is 5.43 Å². The smallest absolute Gasteiger partial charge is 0.148 e. The molecule has 3 N–H and O–H groups in total. The van der Waals surface area contributed by atoms with Crippen LogP contribution in [0.3, 0.4) is 0 Å². The van der Waals surface area contributed by atoms with E-state index in [0.717, 1.165) is 5.70 Å². The van der Waals surface area contributed by atoms with Crippen LogP contribution in [0, 0.1) is 5.82 Å². The van der Waals surface area contributed by atoms with Crippen molar-refractivity contribution in [2.75, 3.05) is 5.01 Å². The maximum Gasteiger partial charge on any atom is 0.148 e. The fourth-order valence-electron chi connectivity index (χ4n) is 1.74. The second-order valence-corrected chi connectivity index (χ2v) is 3.97. The van der Waals surface area contributed by atoms with Crippen LogP contribution in [0.15, 0.2) is 36.0 Å². The van der Waals surface area contributed by atoms with Gasteiger partial charge < -0.3 is 5.73 Å². The Morgan fingerprint density at radius 2 is 2.07 bits per heavy atom. The molecule has 2 rings (SSSR count). The van der Waals surface area contributed by atoms with Gasteiger partial charge in [-0.15, -0.1) is 0 Å². The molecule has 0 radical (unpaired) electrons. The minimum Gasteiger partial charge on any atom is -0.309 e. The van der Waals surface area contributed by atoms with E-state index in [1.807, 2.05) is 19.9 Å². The van der Waals surface area contributed by atoms with Gasteiger partial charge in [-0.05, 0) is 32.1 Å². The van der Waals surface area contributed by atoms with Crippen LogP contribution in [-0.4, -0.2) is 5.66 Å². The summed E-state index contributed by atoms with van der Waals surface area (Å²) in [4.78, 5) is 0. The quantitative estimate of drug-likeness (QED) is 0.737. The van der Waals surface area contributed by atoms with Crippen LogP contribution < -0.4 is 16.2 Å². The van der Waals surface area contributed by atoms with E-state index in [1.165, 1.54) is 6.07 Å². The van der Waals surface area contributed by atoms with Gasteiger partial charge in [0, 0.05) is 5.70 Å². The summed E-state index contributed by atoms with van der Waals surface area (Å²) in [6.45, 7) is 3.72. The van der Waals surface area contributed by atoms with Gasteiger partial charge in [0.25, 0.3) is 0 Å². The van der Waals surface area contributed by atoms with Crippen molar-refractivity contribution in [2.45, 2.75) is 19.5 Å². The van der Waals surface area contributed by atoms with Gasteiger partial charge in [-0.25, -0.2) is 9.82 Å². The lowest BCUT2D eigenvalue weighted by Crippen LogP contribution is -2.51. The van der Waals surface area contributed by atoms with Crippen molar-refractivity contribution in [3.05, 3.63) is 41.9 Å². The summed E-state index contributed by atoms with van der Waals surface area (Å²) >= 11 is 0. The summed E-state index contributed by atoms with van der Waals surface area (Å²) in [5.41, 5.74) is 9.67.